The fourth-order valence-electron chi connectivity index (χ4n) is 3.25. The van der Waals surface area contributed by atoms with Gasteiger partial charge in [-0.3, -0.25) is 9.36 Å². The van der Waals surface area contributed by atoms with Crippen LogP contribution in [-0.2, 0) is 6.18 Å². The van der Waals surface area contributed by atoms with Gasteiger partial charge in [0.1, 0.15) is 23.0 Å². The van der Waals surface area contributed by atoms with Crippen LogP contribution in [0.5, 0.6) is 0 Å². The summed E-state index contributed by atoms with van der Waals surface area (Å²) in [6, 6.07) is 12.4. The molecule has 1 aliphatic carbocycles. The van der Waals surface area contributed by atoms with Gasteiger partial charge in [-0.1, -0.05) is 18.2 Å². The molecule has 0 amide bonds. The molecule has 1 aliphatic rings. The van der Waals surface area contributed by atoms with Crippen molar-refractivity contribution in [1.29, 1.82) is 5.26 Å². The first kappa shape index (κ1) is 18.0. The Morgan fingerprint density at radius 2 is 1.86 bits per heavy atom. The van der Waals surface area contributed by atoms with Gasteiger partial charge in [0.05, 0.1) is 11.4 Å². The highest BCUT2D eigenvalue weighted by Gasteiger charge is 2.34. The van der Waals surface area contributed by atoms with Crippen molar-refractivity contribution in [3.63, 3.8) is 0 Å². The van der Waals surface area contributed by atoms with Crippen LogP contribution in [0.15, 0.2) is 47.3 Å². The molecule has 0 unspecified atom stereocenters. The molecule has 2 heterocycles. The second-order valence-corrected chi connectivity index (χ2v) is 6.68. The average Bonchev–Trinajstić information content (AvgIpc) is 2.64. The molecular formula is C20H15F3N4O. The molecule has 0 saturated heterocycles. The van der Waals surface area contributed by atoms with Crippen molar-refractivity contribution < 1.29 is 13.2 Å². The molecule has 0 spiro atoms. The lowest BCUT2D eigenvalue weighted by atomic mass is 9.92. The summed E-state index contributed by atoms with van der Waals surface area (Å²) in [7, 11) is 0. The fraction of sp³-hybridized carbons (Fsp3) is 0.250. The van der Waals surface area contributed by atoms with Crippen molar-refractivity contribution in [2.24, 2.45) is 0 Å². The van der Waals surface area contributed by atoms with Crippen LogP contribution in [0.3, 0.4) is 0 Å². The van der Waals surface area contributed by atoms with Gasteiger partial charge in [0, 0.05) is 11.4 Å². The number of halogens is 3. The molecule has 142 valence electrons. The number of para-hydroxylation sites is 1. The molecule has 4 rings (SSSR count). The van der Waals surface area contributed by atoms with Gasteiger partial charge in [-0.05, 0) is 43.5 Å². The number of nitriles is 1. The van der Waals surface area contributed by atoms with Gasteiger partial charge in [0.25, 0.3) is 5.56 Å². The topological polar surface area (TPSA) is 70.7 Å². The average molecular weight is 384 g/mol. The van der Waals surface area contributed by atoms with Crippen LogP contribution < -0.4 is 10.9 Å². The highest BCUT2D eigenvalue weighted by molar-refractivity contribution is 5.93. The Morgan fingerprint density at radius 1 is 1.14 bits per heavy atom. The van der Waals surface area contributed by atoms with Crippen LogP contribution in [-0.4, -0.2) is 15.6 Å². The Morgan fingerprint density at radius 3 is 2.43 bits per heavy atom. The van der Waals surface area contributed by atoms with Crippen LogP contribution in [0.4, 0.5) is 18.9 Å². The summed E-state index contributed by atoms with van der Waals surface area (Å²) in [5.74, 6) is 0. The van der Waals surface area contributed by atoms with E-state index in [2.05, 4.69) is 10.3 Å². The zero-order valence-electron chi connectivity index (χ0n) is 14.6. The van der Waals surface area contributed by atoms with E-state index in [1.807, 2.05) is 6.07 Å². The summed E-state index contributed by atoms with van der Waals surface area (Å²) in [5.41, 5.74) is -1.47. The van der Waals surface area contributed by atoms with E-state index in [0.717, 1.165) is 29.9 Å². The third-order valence-electron chi connectivity index (χ3n) is 4.89. The predicted octanol–water partition coefficient (Wildman–Crippen LogP) is 4.24. The summed E-state index contributed by atoms with van der Waals surface area (Å²) in [4.78, 5) is 16.8. The summed E-state index contributed by atoms with van der Waals surface area (Å²) in [5, 5.41) is 13.1. The zero-order chi connectivity index (χ0) is 19.9. The van der Waals surface area contributed by atoms with Crippen LogP contribution >= 0.6 is 0 Å². The number of anilines is 1. The first-order chi connectivity index (χ1) is 13.4. The van der Waals surface area contributed by atoms with Crippen molar-refractivity contribution in [2.45, 2.75) is 31.5 Å². The normalized spacial score (nSPS) is 14.5. The predicted molar refractivity (Wildman–Crippen MR) is 98.3 cm³/mol. The van der Waals surface area contributed by atoms with Crippen LogP contribution in [0.2, 0.25) is 0 Å². The lowest BCUT2D eigenvalue weighted by Crippen LogP contribution is -2.31. The molecule has 8 heteroatoms. The number of alkyl halides is 3. The quantitative estimate of drug-likeness (QED) is 0.733. The van der Waals surface area contributed by atoms with Gasteiger partial charge in [0.2, 0.25) is 0 Å². The minimum atomic E-state index is -4.65. The summed E-state index contributed by atoms with van der Waals surface area (Å²) in [6.45, 7) is 0. The van der Waals surface area contributed by atoms with Gasteiger partial charge in [-0.15, -0.1) is 0 Å². The van der Waals surface area contributed by atoms with Gasteiger partial charge >= 0.3 is 6.18 Å². The van der Waals surface area contributed by atoms with E-state index < -0.39 is 17.4 Å². The number of nitrogens with one attached hydrogen (secondary N) is 1. The highest BCUT2D eigenvalue weighted by Crippen LogP contribution is 2.34. The molecule has 2 aromatic heterocycles. The van der Waals surface area contributed by atoms with Crippen molar-refractivity contribution in [3.8, 4) is 11.8 Å². The molecule has 0 atom stereocenters. The number of benzene rings is 1. The van der Waals surface area contributed by atoms with Gasteiger partial charge in [-0.2, -0.15) is 18.4 Å². The first-order valence-electron chi connectivity index (χ1n) is 8.79. The van der Waals surface area contributed by atoms with E-state index in [9.17, 15) is 23.2 Å². The molecule has 0 aliphatic heterocycles. The number of hydrogen-bond acceptors (Lipinski definition) is 4. The lowest BCUT2D eigenvalue weighted by Gasteiger charge is -2.28. The number of rotatable bonds is 3. The van der Waals surface area contributed by atoms with Crippen LogP contribution in [0, 0.1) is 11.3 Å². The first-order valence-corrected chi connectivity index (χ1v) is 8.79. The van der Waals surface area contributed by atoms with Crippen LogP contribution in [0.1, 0.15) is 30.5 Å². The number of aromatic nitrogens is 2. The molecule has 5 nitrogen and oxygen atoms in total. The maximum atomic E-state index is 13.3. The summed E-state index contributed by atoms with van der Waals surface area (Å²) in [6.07, 6.45) is -1.87. The molecule has 3 aromatic rings. The molecule has 1 aromatic carbocycles. The molecule has 0 bridgehead atoms. The second-order valence-electron chi connectivity index (χ2n) is 6.68. The number of fused-ring (bicyclic) bond motifs is 1. The summed E-state index contributed by atoms with van der Waals surface area (Å²) < 4.78 is 40.8. The van der Waals surface area contributed by atoms with Crippen LogP contribution in [0.25, 0.3) is 16.7 Å². The minimum absolute atomic E-state index is 0.0876. The second kappa shape index (κ2) is 6.68. The van der Waals surface area contributed by atoms with Gasteiger partial charge in [0.15, 0.2) is 0 Å². The van der Waals surface area contributed by atoms with E-state index in [1.165, 1.54) is 6.07 Å². The van der Waals surface area contributed by atoms with Crippen molar-refractivity contribution in [2.75, 3.05) is 5.32 Å². The molecule has 28 heavy (non-hydrogen) atoms. The van der Waals surface area contributed by atoms with Crippen molar-refractivity contribution in [1.82, 2.24) is 9.55 Å². The Hall–Kier alpha value is -3.34. The molecule has 1 N–H and O–H groups in total. The maximum Gasteiger partial charge on any atom is 0.433 e. The molecule has 1 saturated carbocycles. The SMILES string of the molecule is N#Cc1c(NC2CCC2)c2ccc(C(F)(F)F)nc2n(-c2ccccc2)c1=O. The smallest absolute Gasteiger partial charge is 0.380 e. The van der Waals surface area contributed by atoms with Gasteiger partial charge < -0.3 is 5.32 Å². The number of nitrogens with zero attached hydrogens (tertiary/aromatic N) is 3. The van der Waals surface area contributed by atoms with Gasteiger partial charge in [-0.25, -0.2) is 4.98 Å². The Kier molecular flexibility index (Phi) is 4.30. The maximum absolute atomic E-state index is 13.3. The zero-order valence-corrected chi connectivity index (χ0v) is 14.6. The summed E-state index contributed by atoms with van der Waals surface area (Å²) >= 11 is 0. The number of hydrogen-bond donors (Lipinski definition) is 1. The standard InChI is InChI=1S/C20H15F3N4O/c21-20(22,23)16-10-9-14-17(25-12-5-4-6-12)15(11-24)19(28)27(18(14)26-16)13-7-2-1-3-8-13/h1-3,7-10,12,25H,4-6H2. The monoisotopic (exact) mass is 384 g/mol. The van der Waals surface area contributed by atoms with Crippen molar-refractivity contribution >= 4 is 16.7 Å². The van der Waals surface area contributed by atoms with Crippen molar-refractivity contribution in [3.05, 3.63) is 64.1 Å². The van der Waals surface area contributed by atoms with E-state index in [-0.39, 0.29) is 22.9 Å². The molecule has 0 radical (unpaired) electrons. The Bertz CT molecular complexity index is 1140. The fourth-order valence-corrected chi connectivity index (χ4v) is 3.25. The Labute approximate surface area is 158 Å². The van der Waals surface area contributed by atoms with E-state index in [0.29, 0.717) is 11.1 Å². The third kappa shape index (κ3) is 2.99. The largest absolute Gasteiger partial charge is 0.433 e. The molecule has 1 fully saturated rings. The third-order valence-corrected chi connectivity index (χ3v) is 4.89. The van der Waals surface area contributed by atoms with E-state index in [4.69, 9.17) is 0 Å². The highest BCUT2D eigenvalue weighted by atomic mass is 19.4. The Balaban J connectivity index is 2.08. The van der Waals surface area contributed by atoms with E-state index >= 15 is 0 Å². The van der Waals surface area contributed by atoms with E-state index in [1.54, 1.807) is 30.3 Å². The minimum Gasteiger partial charge on any atom is -0.380 e. The number of pyridine rings is 2. The molecular weight excluding hydrogens is 369 g/mol. The lowest BCUT2D eigenvalue weighted by molar-refractivity contribution is -0.141.